The number of nitrogens with zero attached hydrogens (tertiary/aromatic N) is 2. The Kier molecular flexibility index (Phi) is 6.34. The summed E-state index contributed by atoms with van der Waals surface area (Å²) in [5.41, 5.74) is 0.696. The standard InChI is InChI=1S/C19H25F3N2O3S/c20-19(21,22)17-8-4-7-16(13-17)18(25)23-9-11-24(12-10-23)28(26,27)14-15-5-2-1-3-6-15/h1-3,5-6,16-17H,4,7-14H2. The van der Waals surface area contributed by atoms with Gasteiger partial charge in [0.05, 0.1) is 11.7 Å². The largest absolute Gasteiger partial charge is 0.391 e. The number of hydrogen-bond acceptors (Lipinski definition) is 3. The average molecular weight is 418 g/mol. The molecule has 2 fully saturated rings. The van der Waals surface area contributed by atoms with E-state index in [0.717, 1.165) is 0 Å². The first-order chi connectivity index (χ1) is 13.2. The molecule has 1 saturated carbocycles. The highest BCUT2D eigenvalue weighted by atomic mass is 32.2. The van der Waals surface area contributed by atoms with Crippen LogP contribution in [0.25, 0.3) is 0 Å². The summed E-state index contributed by atoms with van der Waals surface area (Å²) in [6, 6.07) is 8.86. The Hall–Kier alpha value is -1.61. The maximum atomic E-state index is 13.0. The molecule has 1 saturated heterocycles. The van der Waals surface area contributed by atoms with E-state index >= 15 is 0 Å². The molecule has 2 unspecified atom stereocenters. The SMILES string of the molecule is O=C(C1CCCC(C(F)(F)F)C1)N1CCN(S(=O)(=O)Cc2ccccc2)CC1. The molecule has 2 aliphatic rings. The van der Waals surface area contributed by atoms with Crippen molar-refractivity contribution >= 4 is 15.9 Å². The maximum Gasteiger partial charge on any atom is 0.391 e. The molecule has 3 rings (SSSR count). The van der Waals surface area contributed by atoms with Gasteiger partial charge in [0, 0.05) is 32.1 Å². The van der Waals surface area contributed by atoms with Crippen molar-refractivity contribution in [3.8, 4) is 0 Å². The van der Waals surface area contributed by atoms with Crippen LogP contribution in [0.1, 0.15) is 31.2 Å². The van der Waals surface area contributed by atoms with Gasteiger partial charge >= 0.3 is 6.18 Å². The van der Waals surface area contributed by atoms with E-state index < -0.39 is 28.0 Å². The highest BCUT2D eigenvalue weighted by Crippen LogP contribution is 2.40. The number of carbonyl (C=O) groups is 1. The van der Waals surface area contributed by atoms with Crippen molar-refractivity contribution in [3.63, 3.8) is 0 Å². The van der Waals surface area contributed by atoms with Gasteiger partial charge in [-0.15, -0.1) is 0 Å². The van der Waals surface area contributed by atoms with Crippen LogP contribution < -0.4 is 0 Å². The van der Waals surface area contributed by atoms with Crippen molar-refractivity contribution in [2.45, 2.75) is 37.6 Å². The van der Waals surface area contributed by atoms with Gasteiger partial charge < -0.3 is 4.90 Å². The minimum Gasteiger partial charge on any atom is -0.340 e. The van der Waals surface area contributed by atoms with Crippen LogP contribution in [0.2, 0.25) is 0 Å². The zero-order valence-corrected chi connectivity index (χ0v) is 16.4. The molecule has 0 N–H and O–H groups in total. The second-order valence-corrected chi connectivity index (χ2v) is 9.54. The van der Waals surface area contributed by atoms with Crippen molar-refractivity contribution in [2.75, 3.05) is 26.2 Å². The summed E-state index contributed by atoms with van der Waals surface area (Å²) in [7, 11) is -3.49. The third-order valence-electron chi connectivity index (χ3n) is 5.62. The molecule has 0 radical (unpaired) electrons. The zero-order valence-electron chi connectivity index (χ0n) is 15.6. The number of halogens is 3. The van der Waals surface area contributed by atoms with E-state index in [1.54, 1.807) is 24.3 Å². The third kappa shape index (κ3) is 5.05. The van der Waals surface area contributed by atoms with E-state index in [1.165, 1.54) is 9.21 Å². The Bertz CT molecular complexity index is 775. The normalized spacial score (nSPS) is 24.9. The van der Waals surface area contributed by atoms with Gasteiger partial charge in [0.15, 0.2) is 0 Å². The molecule has 0 spiro atoms. The number of alkyl halides is 3. The van der Waals surface area contributed by atoms with Crippen LogP contribution in [0, 0.1) is 11.8 Å². The molecule has 1 aromatic carbocycles. The van der Waals surface area contributed by atoms with E-state index in [2.05, 4.69) is 0 Å². The van der Waals surface area contributed by atoms with E-state index in [-0.39, 0.29) is 50.7 Å². The quantitative estimate of drug-likeness (QED) is 0.755. The number of hydrogen-bond donors (Lipinski definition) is 0. The molecular formula is C19H25F3N2O3S. The fraction of sp³-hybridized carbons (Fsp3) is 0.632. The lowest BCUT2D eigenvalue weighted by atomic mass is 9.80. The van der Waals surface area contributed by atoms with Gasteiger partial charge in [-0.25, -0.2) is 8.42 Å². The summed E-state index contributed by atoms with van der Waals surface area (Å²) >= 11 is 0. The molecule has 5 nitrogen and oxygen atoms in total. The molecule has 1 heterocycles. The van der Waals surface area contributed by atoms with Crippen LogP contribution >= 0.6 is 0 Å². The van der Waals surface area contributed by atoms with E-state index in [1.807, 2.05) is 6.07 Å². The Morgan fingerprint density at radius 2 is 1.68 bits per heavy atom. The van der Waals surface area contributed by atoms with Crippen LogP contribution in [0.5, 0.6) is 0 Å². The first-order valence-electron chi connectivity index (χ1n) is 9.54. The summed E-state index contributed by atoms with van der Waals surface area (Å²) in [6.45, 7) is 0.798. The Morgan fingerprint density at radius 1 is 1.04 bits per heavy atom. The molecule has 1 aromatic rings. The molecule has 2 atom stereocenters. The lowest BCUT2D eigenvalue weighted by Gasteiger charge is -2.38. The monoisotopic (exact) mass is 418 g/mol. The molecule has 28 heavy (non-hydrogen) atoms. The van der Waals surface area contributed by atoms with Gasteiger partial charge in [0.1, 0.15) is 0 Å². The first kappa shape index (κ1) is 21.1. The van der Waals surface area contributed by atoms with Gasteiger partial charge in [0.2, 0.25) is 15.9 Å². The van der Waals surface area contributed by atoms with Crippen LogP contribution in [-0.2, 0) is 20.6 Å². The lowest BCUT2D eigenvalue weighted by molar-refractivity contribution is -0.187. The van der Waals surface area contributed by atoms with Crippen molar-refractivity contribution in [2.24, 2.45) is 11.8 Å². The van der Waals surface area contributed by atoms with E-state index in [9.17, 15) is 26.4 Å². The highest BCUT2D eigenvalue weighted by Gasteiger charge is 2.44. The molecule has 0 bridgehead atoms. The molecule has 1 aliphatic heterocycles. The van der Waals surface area contributed by atoms with E-state index in [0.29, 0.717) is 18.4 Å². The van der Waals surface area contributed by atoms with Gasteiger partial charge in [-0.3, -0.25) is 4.79 Å². The summed E-state index contributed by atoms with van der Waals surface area (Å²) < 4.78 is 65.5. The summed E-state index contributed by atoms with van der Waals surface area (Å²) in [6.07, 6.45) is -3.47. The number of piperazine rings is 1. The second kappa shape index (κ2) is 8.41. The van der Waals surface area contributed by atoms with Crippen molar-refractivity contribution in [1.29, 1.82) is 0 Å². The predicted molar refractivity (Wildman–Crippen MR) is 98.7 cm³/mol. The Morgan fingerprint density at radius 3 is 2.29 bits per heavy atom. The predicted octanol–water partition coefficient (Wildman–Crippen LogP) is 3.03. The molecule has 156 valence electrons. The minimum absolute atomic E-state index is 0.0821. The number of carbonyl (C=O) groups excluding carboxylic acids is 1. The molecular weight excluding hydrogens is 393 g/mol. The topological polar surface area (TPSA) is 57.7 Å². The Labute approximate surface area is 163 Å². The Balaban J connectivity index is 1.55. The maximum absolute atomic E-state index is 13.0. The van der Waals surface area contributed by atoms with Gasteiger partial charge in [-0.1, -0.05) is 36.8 Å². The lowest BCUT2D eigenvalue weighted by Crippen LogP contribution is -2.52. The number of amides is 1. The molecule has 9 heteroatoms. The molecule has 1 aliphatic carbocycles. The van der Waals surface area contributed by atoms with Crippen molar-refractivity contribution < 1.29 is 26.4 Å². The molecule has 1 amide bonds. The van der Waals surface area contributed by atoms with E-state index in [4.69, 9.17) is 0 Å². The summed E-state index contributed by atoms with van der Waals surface area (Å²) in [5.74, 6) is -2.40. The van der Waals surface area contributed by atoms with Crippen LogP contribution in [0.4, 0.5) is 13.2 Å². The summed E-state index contributed by atoms with van der Waals surface area (Å²) in [4.78, 5) is 14.2. The van der Waals surface area contributed by atoms with Crippen LogP contribution in [-0.4, -0.2) is 55.9 Å². The number of sulfonamides is 1. The highest BCUT2D eigenvalue weighted by molar-refractivity contribution is 7.88. The van der Waals surface area contributed by atoms with Gasteiger partial charge in [-0.05, 0) is 24.8 Å². The number of rotatable bonds is 4. The van der Waals surface area contributed by atoms with Crippen molar-refractivity contribution in [3.05, 3.63) is 35.9 Å². The van der Waals surface area contributed by atoms with Crippen LogP contribution in [0.15, 0.2) is 30.3 Å². The number of benzene rings is 1. The summed E-state index contributed by atoms with van der Waals surface area (Å²) in [5, 5.41) is 0. The average Bonchev–Trinajstić information content (AvgIpc) is 2.67. The van der Waals surface area contributed by atoms with Crippen molar-refractivity contribution in [1.82, 2.24) is 9.21 Å². The van der Waals surface area contributed by atoms with Gasteiger partial charge in [-0.2, -0.15) is 17.5 Å². The molecule has 0 aromatic heterocycles. The van der Waals surface area contributed by atoms with Gasteiger partial charge in [0.25, 0.3) is 0 Å². The fourth-order valence-corrected chi connectivity index (χ4v) is 5.55. The smallest absolute Gasteiger partial charge is 0.340 e. The fourth-order valence-electron chi connectivity index (χ4n) is 4.03. The third-order valence-corrected chi connectivity index (χ3v) is 7.47. The van der Waals surface area contributed by atoms with Crippen LogP contribution in [0.3, 0.4) is 0 Å². The first-order valence-corrected chi connectivity index (χ1v) is 11.1. The minimum atomic E-state index is -4.26. The second-order valence-electron chi connectivity index (χ2n) is 7.57. The zero-order chi connectivity index (χ0) is 20.4.